The molecule has 0 spiro atoms. The van der Waals surface area contributed by atoms with Crippen LogP contribution in [0.15, 0.2) is 114 Å². The lowest BCUT2D eigenvalue weighted by atomic mass is 9.98. The maximum Gasteiger partial charge on any atom is 0.241 e. The number of hydrogen-bond donors (Lipinski definition) is 2. The zero-order valence-corrected chi connectivity index (χ0v) is 19.1. The Bertz CT molecular complexity index is 1490. The Kier molecular flexibility index (Phi) is 6.39. The number of aryl methyl sites for hydroxylation is 1. The lowest BCUT2D eigenvalue weighted by Crippen LogP contribution is -2.19. The van der Waals surface area contributed by atoms with E-state index in [1.54, 1.807) is 24.3 Å². The number of carbonyl (C=O) groups excluding carboxylic acids is 1. The summed E-state index contributed by atoms with van der Waals surface area (Å²) in [4.78, 5) is 12.7. The van der Waals surface area contributed by atoms with Crippen molar-refractivity contribution in [3.63, 3.8) is 0 Å². The number of rotatable bonds is 7. The third-order valence-corrected chi connectivity index (χ3v) is 5.97. The number of benzene rings is 4. The fourth-order valence-corrected chi connectivity index (χ4v) is 4.37. The second kappa shape index (κ2) is 10.1. The van der Waals surface area contributed by atoms with Crippen LogP contribution in [0.1, 0.15) is 12.0 Å². The van der Waals surface area contributed by atoms with Gasteiger partial charge in [-0.3, -0.25) is 4.79 Å². The highest BCUT2D eigenvalue weighted by molar-refractivity contribution is 6.04. The number of para-hydroxylation sites is 2. The van der Waals surface area contributed by atoms with Crippen molar-refractivity contribution in [2.24, 2.45) is 5.10 Å². The number of carbonyl (C=O) groups is 1. The standard InChI is InChI=1S/C30H25N3O2/c34-27-18-10-7-15-24(27)21-31-32-28(35)19-20-33-26-17-9-8-16-25(26)29(22-11-3-1-4-12-22)30(33)23-13-5-2-6-14-23/h1-18,21,34H,19-20H2,(H,32,35). The SMILES string of the molecule is O=C(CCn1c(-c2ccccc2)c(-c2ccccc2)c2ccccc21)NN=Cc1ccccc1O. The number of hydrazone groups is 1. The Morgan fingerprint density at radius 2 is 1.43 bits per heavy atom. The lowest BCUT2D eigenvalue weighted by molar-refractivity contribution is -0.121. The molecular weight excluding hydrogens is 434 g/mol. The third-order valence-electron chi connectivity index (χ3n) is 5.97. The van der Waals surface area contributed by atoms with E-state index >= 15 is 0 Å². The number of phenols is 1. The molecule has 0 radical (unpaired) electrons. The Morgan fingerprint density at radius 3 is 2.17 bits per heavy atom. The molecule has 0 unspecified atom stereocenters. The van der Waals surface area contributed by atoms with E-state index in [4.69, 9.17) is 0 Å². The van der Waals surface area contributed by atoms with Crippen LogP contribution in [-0.2, 0) is 11.3 Å². The summed E-state index contributed by atoms with van der Waals surface area (Å²) >= 11 is 0. The van der Waals surface area contributed by atoms with Gasteiger partial charge in [0.15, 0.2) is 0 Å². The van der Waals surface area contributed by atoms with Gasteiger partial charge >= 0.3 is 0 Å². The maximum absolute atomic E-state index is 12.7. The molecule has 4 aromatic carbocycles. The molecule has 2 N–H and O–H groups in total. The minimum Gasteiger partial charge on any atom is -0.507 e. The first kappa shape index (κ1) is 22.2. The highest BCUT2D eigenvalue weighted by Gasteiger charge is 2.20. The summed E-state index contributed by atoms with van der Waals surface area (Å²) in [5.41, 5.74) is 8.68. The second-order valence-corrected chi connectivity index (χ2v) is 8.23. The summed E-state index contributed by atoms with van der Waals surface area (Å²) < 4.78 is 2.22. The summed E-state index contributed by atoms with van der Waals surface area (Å²) in [5, 5.41) is 15.0. The first-order valence-corrected chi connectivity index (χ1v) is 11.5. The molecule has 5 rings (SSSR count). The molecule has 0 saturated heterocycles. The van der Waals surface area contributed by atoms with Crippen molar-refractivity contribution in [1.29, 1.82) is 0 Å². The molecule has 1 aromatic heterocycles. The van der Waals surface area contributed by atoms with E-state index in [2.05, 4.69) is 51.5 Å². The lowest BCUT2D eigenvalue weighted by Gasteiger charge is -2.13. The average molecular weight is 460 g/mol. The van der Waals surface area contributed by atoms with E-state index in [1.165, 1.54) is 6.21 Å². The molecule has 1 heterocycles. The topological polar surface area (TPSA) is 66.6 Å². The van der Waals surface area contributed by atoms with Crippen LogP contribution in [0.3, 0.4) is 0 Å². The Balaban J connectivity index is 1.48. The molecule has 5 nitrogen and oxygen atoms in total. The number of nitrogens with one attached hydrogen (secondary N) is 1. The van der Waals surface area contributed by atoms with Gasteiger partial charge in [-0.1, -0.05) is 91.0 Å². The third kappa shape index (κ3) is 4.70. The zero-order valence-electron chi connectivity index (χ0n) is 19.1. The highest BCUT2D eigenvalue weighted by atomic mass is 16.3. The molecule has 0 bridgehead atoms. The monoisotopic (exact) mass is 459 g/mol. The van der Waals surface area contributed by atoms with Crippen LogP contribution in [0.25, 0.3) is 33.3 Å². The summed E-state index contributed by atoms with van der Waals surface area (Å²) in [6.07, 6.45) is 1.70. The minimum absolute atomic E-state index is 0.116. The quantitative estimate of drug-likeness (QED) is 0.224. The molecule has 5 aromatic rings. The predicted molar refractivity (Wildman–Crippen MR) is 141 cm³/mol. The van der Waals surface area contributed by atoms with Crippen molar-refractivity contribution in [1.82, 2.24) is 9.99 Å². The van der Waals surface area contributed by atoms with Gasteiger partial charge in [0.05, 0.1) is 11.9 Å². The highest BCUT2D eigenvalue weighted by Crippen LogP contribution is 2.40. The molecule has 172 valence electrons. The van der Waals surface area contributed by atoms with Crippen LogP contribution in [0.5, 0.6) is 5.75 Å². The largest absolute Gasteiger partial charge is 0.507 e. The van der Waals surface area contributed by atoms with Crippen molar-refractivity contribution < 1.29 is 9.90 Å². The van der Waals surface area contributed by atoms with Crippen molar-refractivity contribution >= 4 is 23.0 Å². The normalized spacial score (nSPS) is 11.2. The molecular formula is C30H25N3O2. The Labute approximate surface area is 204 Å². The average Bonchev–Trinajstić information content (AvgIpc) is 3.24. The number of amides is 1. The number of fused-ring (bicyclic) bond motifs is 1. The maximum atomic E-state index is 12.7. The van der Waals surface area contributed by atoms with Crippen molar-refractivity contribution in [2.45, 2.75) is 13.0 Å². The van der Waals surface area contributed by atoms with Crippen molar-refractivity contribution in [2.75, 3.05) is 0 Å². The fourth-order valence-electron chi connectivity index (χ4n) is 4.37. The first-order chi connectivity index (χ1) is 17.2. The van der Waals surface area contributed by atoms with Gasteiger partial charge in [-0.25, -0.2) is 5.43 Å². The number of phenolic OH excluding ortho intramolecular Hbond substituents is 1. The van der Waals surface area contributed by atoms with Gasteiger partial charge in [0.2, 0.25) is 5.91 Å². The van der Waals surface area contributed by atoms with Crippen LogP contribution in [0.4, 0.5) is 0 Å². The van der Waals surface area contributed by atoms with Gasteiger partial charge in [0.1, 0.15) is 5.75 Å². The van der Waals surface area contributed by atoms with Crippen molar-refractivity contribution in [3.05, 3.63) is 115 Å². The van der Waals surface area contributed by atoms with Gasteiger partial charge in [0, 0.05) is 35.0 Å². The van der Waals surface area contributed by atoms with E-state index in [9.17, 15) is 9.90 Å². The summed E-state index contributed by atoms with van der Waals surface area (Å²) in [6, 6.07) is 35.8. The van der Waals surface area contributed by atoms with Gasteiger partial charge < -0.3 is 9.67 Å². The smallest absolute Gasteiger partial charge is 0.241 e. The fraction of sp³-hybridized carbons (Fsp3) is 0.0667. The van der Waals surface area contributed by atoms with E-state index in [-0.39, 0.29) is 18.1 Å². The van der Waals surface area contributed by atoms with Crippen LogP contribution >= 0.6 is 0 Å². The molecule has 0 aliphatic rings. The summed E-state index contributed by atoms with van der Waals surface area (Å²) in [5.74, 6) is -0.0834. The molecule has 35 heavy (non-hydrogen) atoms. The molecule has 0 saturated carbocycles. The van der Waals surface area contributed by atoms with Gasteiger partial charge in [-0.2, -0.15) is 5.10 Å². The molecule has 0 atom stereocenters. The van der Waals surface area contributed by atoms with Gasteiger partial charge in [-0.15, -0.1) is 0 Å². The first-order valence-electron chi connectivity index (χ1n) is 11.5. The number of hydrogen-bond acceptors (Lipinski definition) is 3. The van der Waals surface area contributed by atoms with Crippen LogP contribution < -0.4 is 5.43 Å². The summed E-state index contributed by atoms with van der Waals surface area (Å²) in [6.45, 7) is 0.496. The zero-order chi connectivity index (χ0) is 24.0. The molecule has 0 aliphatic heterocycles. The Hall–Kier alpha value is -4.64. The van der Waals surface area contributed by atoms with E-state index in [0.717, 1.165) is 33.3 Å². The second-order valence-electron chi connectivity index (χ2n) is 8.23. The van der Waals surface area contributed by atoms with Crippen LogP contribution in [0, 0.1) is 0 Å². The van der Waals surface area contributed by atoms with Crippen LogP contribution in [-0.4, -0.2) is 21.8 Å². The molecule has 5 heteroatoms. The van der Waals surface area contributed by atoms with E-state index in [1.807, 2.05) is 48.5 Å². The van der Waals surface area contributed by atoms with Gasteiger partial charge in [0.25, 0.3) is 0 Å². The number of aromatic hydroxyl groups is 1. The number of nitrogens with zero attached hydrogens (tertiary/aromatic N) is 2. The summed E-state index contributed by atoms with van der Waals surface area (Å²) in [7, 11) is 0. The predicted octanol–water partition coefficient (Wildman–Crippen LogP) is 6.22. The van der Waals surface area contributed by atoms with E-state index in [0.29, 0.717) is 12.1 Å². The molecule has 0 fully saturated rings. The Morgan fingerprint density at radius 1 is 0.800 bits per heavy atom. The molecule has 1 amide bonds. The minimum atomic E-state index is -0.199. The van der Waals surface area contributed by atoms with Crippen LogP contribution in [0.2, 0.25) is 0 Å². The number of aromatic nitrogens is 1. The van der Waals surface area contributed by atoms with Crippen molar-refractivity contribution in [3.8, 4) is 28.1 Å². The van der Waals surface area contributed by atoms with Gasteiger partial charge in [-0.05, 0) is 29.3 Å². The van der Waals surface area contributed by atoms with E-state index < -0.39 is 0 Å². The molecule has 0 aliphatic carbocycles.